The van der Waals surface area contributed by atoms with Crippen molar-refractivity contribution >= 4 is 40.3 Å². The van der Waals surface area contributed by atoms with Crippen molar-refractivity contribution in [3.8, 4) is 39.2 Å². The van der Waals surface area contributed by atoms with Gasteiger partial charge in [0.25, 0.3) is 5.88 Å². The minimum Gasteiger partial charge on any atom is -0.507 e. The van der Waals surface area contributed by atoms with E-state index in [1.165, 1.54) is 4.90 Å². The first-order valence-corrected chi connectivity index (χ1v) is 24.9. The van der Waals surface area contributed by atoms with Crippen LogP contribution in [-0.2, 0) is 25.6 Å². The van der Waals surface area contributed by atoms with Gasteiger partial charge in [-0.15, -0.1) is 21.5 Å². The molecule has 2 aromatic carbocycles. The predicted octanol–water partition coefficient (Wildman–Crippen LogP) is 5.61. The van der Waals surface area contributed by atoms with Gasteiger partial charge in [0.05, 0.1) is 60.0 Å². The van der Waals surface area contributed by atoms with E-state index in [0.717, 1.165) is 59.0 Å². The van der Waals surface area contributed by atoms with E-state index in [2.05, 4.69) is 40.4 Å². The Labute approximate surface area is 415 Å². The molecular formula is C51H60N10O9S. The molecule has 0 saturated carbocycles. The van der Waals surface area contributed by atoms with Gasteiger partial charge in [-0.25, -0.2) is 9.97 Å². The van der Waals surface area contributed by atoms with E-state index in [-0.39, 0.29) is 74.2 Å². The first-order chi connectivity index (χ1) is 34.5. The number of phenols is 1. The summed E-state index contributed by atoms with van der Waals surface area (Å²) in [5, 5.41) is 36.5. The molecule has 19 nitrogen and oxygen atoms in total. The van der Waals surface area contributed by atoms with Crippen LogP contribution in [0.3, 0.4) is 0 Å². The molecule has 71 heavy (non-hydrogen) atoms. The molecule has 5 atom stereocenters. The molecule has 5 N–H and O–H groups in total. The smallest absolute Gasteiger partial charge is 0.254 e. The van der Waals surface area contributed by atoms with Crippen LogP contribution in [0.15, 0.2) is 89.0 Å². The zero-order valence-corrected chi connectivity index (χ0v) is 40.9. The standard InChI is InChI=1S/C51H60N10O9S/c1-31(2)47(51(65)60-29-38(62)23-42(60)50(64)54-26-33-8-10-34(11-9-33)48-32(3)55-30-71-48)44-25-46(58-70-44)69-21-19-67-17-16-66-18-20-68-45-22-35(14-15-53-45)61-36-12-13-37(61)28-59(27-36)41-24-40(56-57-49(41)52)39-6-4-5-7-43(39)63/h4-11,14-15,22,24-25,30-31,36-38,42,47,62-63H,12-13,16-21,23,26-29H2,1-3H3,(H2,52,57)(H,54,64)/t36?,37?,38-,42+,47?/m1/s1. The second-order valence-corrected chi connectivity index (χ2v) is 19.2. The number of hydrogen-bond acceptors (Lipinski definition) is 18. The molecule has 2 bridgehead atoms. The number of rotatable bonds is 21. The number of pyridine rings is 1. The SMILES string of the molecule is Cc1ncsc1-c1ccc(CNC(=O)[C@@H]2C[C@@H](O)CN2C(=O)C(c2cc(OCCOCCOCCOc3cc(N4C5CCC4CN(c4cc(-c6ccccc6O)nnc4N)C5)ccn3)no2)C(C)C)cc1. The quantitative estimate of drug-likeness (QED) is 0.0641. The highest BCUT2D eigenvalue weighted by atomic mass is 32.1. The number of piperazine rings is 1. The number of carbonyl (C=O) groups excluding carboxylic acids is 2. The molecule has 9 rings (SSSR count). The lowest BCUT2D eigenvalue weighted by atomic mass is 9.91. The lowest BCUT2D eigenvalue weighted by molar-refractivity contribution is -0.141. The Morgan fingerprint density at radius 3 is 2.31 bits per heavy atom. The van der Waals surface area contributed by atoms with Crippen molar-refractivity contribution in [1.29, 1.82) is 0 Å². The molecule has 0 aliphatic carbocycles. The number of ether oxygens (including phenoxy) is 4. The molecule has 4 aromatic heterocycles. The summed E-state index contributed by atoms with van der Waals surface area (Å²) in [5.41, 5.74) is 14.2. The number of hydrogen-bond donors (Lipinski definition) is 4. The molecule has 0 spiro atoms. The van der Waals surface area contributed by atoms with Gasteiger partial charge in [0.2, 0.25) is 17.7 Å². The van der Waals surface area contributed by atoms with Gasteiger partial charge < -0.3 is 59.4 Å². The molecule has 3 fully saturated rings. The number of likely N-dealkylation sites (tertiary alicyclic amines) is 1. The largest absolute Gasteiger partial charge is 0.507 e. The number of fused-ring (bicyclic) bond motifs is 2. The average Bonchev–Trinajstić information content (AvgIpc) is 4.17. The van der Waals surface area contributed by atoms with Crippen LogP contribution < -0.4 is 30.3 Å². The number of phenolic OH excluding ortho intramolecular Hbond substituents is 1. The Balaban J connectivity index is 0.671. The van der Waals surface area contributed by atoms with E-state index in [9.17, 15) is 19.8 Å². The molecule has 2 amide bonds. The summed E-state index contributed by atoms with van der Waals surface area (Å²) in [6, 6.07) is 22.2. The van der Waals surface area contributed by atoms with Gasteiger partial charge in [0, 0.05) is 74.3 Å². The Morgan fingerprint density at radius 1 is 0.887 bits per heavy atom. The van der Waals surface area contributed by atoms with Gasteiger partial charge in [-0.2, -0.15) is 0 Å². The molecule has 3 aliphatic rings. The third kappa shape index (κ3) is 11.5. The predicted molar refractivity (Wildman–Crippen MR) is 266 cm³/mol. The first-order valence-electron chi connectivity index (χ1n) is 24.0. The Morgan fingerprint density at radius 2 is 1.61 bits per heavy atom. The number of aryl methyl sites for hydroxylation is 1. The third-order valence-electron chi connectivity index (χ3n) is 13.2. The summed E-state index contributed by atoms with van der Waals surface area (Å²) in [5.74, 6) is -0.0490. The van der Waals surface area contributed by atoms with Crippen molar-refractivity contribution in [3.05, 3.63) is 102 Å². The van der Waals surface area contributed by atoms with Crippen LogP contribution in [-0.4, -0.2) is 136 Å². The minimum atomic E-state index is -0.833. The molecular weight excluding hydrogens is 929 g/mol. The van der Waals surface area contributed by atoms with Crippen LogP contribution in [0, 0.1) is 12.8 Å². The highest BCUT2D eigenvalue weighted by Crippen LogP contribution is 2.40. The fourth-order valence-corrected chi connectivity index (χ4v) is 10.5. The lowest BCUT2D eigenvalue weighted by Gasteiger charge is -2.43. The van der Waals surface area contributed by atoms with E-state index in [0.29, 0.717) is 55.1 Å². The lowest BCUT2D eigenvalue weighted by Crippen LogP contribution is -2.54. The number of nitrogens with zero attached hydrogens (tertiary/aromatic N) is 8. The highest BCUT2D eigenvalue weighted by molar-refractivity contribution is 7.13. The van der Waals surface area contributed by atoms with Crippen LogP contribution in [0.2, 0.25) is 0 Å². The number of para-hydroxylation sites is 1. The van der Waals surface area contributed by atoms with E-state index < -0.39 is 18.1 Å². The fourth-order valence-electron chi connectivity index (χ4n) is 9.73. The van der Waals surface area contributed by atoms with Gasteiger partial charge in [0.15, 0.2) is 11.6 Å². The number of nitrogens with one attached hydrogen (secondary N) is 1. The van der Waals surface area contributed by atoms with Gasteiger partial charge in [-0.05, 0) is 66.2 Å². The van der Waals surface area contributed by atoms with E-state index in [1.807, 2.05) is 80.9 Å². The molecule has 0 radical (unpaired) electrons. The highest BCUT2D eigenvalue weighted by Gasteiger charge is 2.44. The summed E-state index contributed by atoms with van der Waals surface area (Å²) in [6.07, 6.45) is 3.15. The number of aliphatic hydroxyl groups excluding tert-OH is 1. The van der Waals surface area contributed by atoms with E-state index in [4.69, 9.17) is 29.2 Å². The van der Waals surface area contributed by atoms with Gasteiger partial charge >= 0.3 is 0 Å². The third-order valence-corrected chi connectivity index (χ3v) is 14.2. The van der Waals surface area contributed by atoms with Crippen molar-refractivity contribution in [2.24, 2.45) is 5.92 Å². The van der Waals surface area contributed by atoms with E-state index in [1.54, 1.807) is 35.7 Å². The van der Waals surface area contributed by atoms with Gasteiger partial charge in [-0.3, -0.25) is 9.59 Å². The average molecular weight is 989 g/mol. The topological polar surface area (TPSA) is 237 Å². The van der Waals surface area contributed by atoms with Gasteiger partial charge in [-0.1, -0.05) is 50.2 Å². The Kier molecular flexibility index (Phi) is 15.5. The second-order valence-electron chi connectivity index (χ2n) is 18.4. The number of thiazole rings is 1. The van der Waals surface area contributed by atoms with E-state index >= 15 is 0 Å². The second kappa shape index (κ2) is 22.5. The number of amides is 2. The number of β-amino-alcohol motifs (C(OH)–C–C–N with tert-alkyl or cyclic N) is 1. The molecule has 7 heterocycles. The van der Waals surface area contributed by atoms with Crippen LogP contribution in [0.25, 0.3) is 21.7 Å². The summed E-state index contributed by atoms with van der Waals surface area (Å²) in [4.78, 5) is 43.6. The zero-order valence-electron chi connectivity index (χ0n) is 40.1. The first kappa shape index (κ1) is 49.1. The molecule has 3 unspecified atom stereocenters. The molecule has 374 valence electrons. The number of nitrogens with two attached hydrogens (primary N) is 1. The minimum absolute atomic E-state index is 0.0374. The van der Waals surface area contributed by atoms with Crippen LogP contribution >= 0.6 is 11.3 Å². The molecule has 6 aromatic rings. The van der Waals surface area contributed by atoms with Crippen molar-refractivity contribution < 1.29 is 43.3 Å². The fraction of sp³-hybridized carbons (Fsp3) is 0.431. The number of anilines is 3. The number of aliphatic hydroxyl groups is 1. The number of carbonyl (C=O) groups is 2. The maximum absolute atomic E-state index is 14.0. The Hall–Kier alpha value is -6.87. The molecule has 20 heteroatoms. The monoisotopic (exact) mass is 988 g/mol. The normalized spacial score (nSPS) is 19.1. The zero-order chi connectivity index (χ0) is 49.4. The summed E-state index contributed by atoms with van der Waals surface area (Å²) >= 11 is 1.58. The number of aromatic hydroxyl groups is 1. The molecule has 3 saturated heterocycles. The maximum atomic E-state index is 14.0. The summed E-state index contributed by atoms with van der Waals surface area (Å²) < 4.78 is 28.8. The number of nitrogen functional groups attached to an aromatic ring is 1. The van der Waals surface area contributed by atoms with Crippen molar-refractivity contribution in [2.75, 3.05) is 74.8 Å². The maximum Gasteiger partial charge on any atom is 0.254 e. The van der Waals surface area contributed by atoms with Crippen LogP contribution in [0.4, 0.5) is 17.2 Å². The summed E-state index contributed by atoms with van der Waals surface area (Å²) in [6.45, 7) is 9.43. The molecule has 3 aliphatic heterocycles. The summed E-state index contributed by atoms with van der Waals surface area (Å²) in [7, 11) is 0. The van der Waals surface area contributed by atoms with Crippen LogP contribution in [0.1, 0.15) is 56.0 Å². The Bertz CT molecular complexity index is 2740. The van der Waals surface area contributed by atoms with Crippen molar-refractivity contribution in [2.45, 2.75) is 76.7 Å². The number of benzene rings is 2. The van der Waals surface area contributed by atoms with Gasteiger partial charge in [0.1, 0.15) is 30.9 Å². The van der Waals surface area contributed by atoms with Crippen molar-refractivity contribution in [3.63, 3.8) is 0 Å². The van der Waals surface area contributed by atoms with Crippen LogP contribution in [0.5, 0.6) is 17.5 Å². The number of aromatic nitrogens is 5. The van der Waals surface area contributed by atoms with Crippen molar-refractivity contribution in [1.82, 2.24) is 35.5 Å².